The third-order valence-corrected chi connectivity index (χ3v) is 2.51. The van der Waals surface area contributed by atoms with Crippen LogP contribution in [0.3, 0.4) is 0 Å². The van der Waals surface area contributed by atoms with E-state index in [1.54, 1.807) is 25.8 Å². The van der Waals surface area contributed by atoms with E-state index in [2.05, 4.69) is 6.07 Å². The van der Waals surface area contributed by atoms with E-state index in [1.807, 2.05) is 0 Å². The summed E-state index contributed by atoms with van der Waals surface area (Å²) < 4.78 is 0. The lowest BCUT2D eigenvalue weighted by Crippen LogP contribution is -2.48. The molecule has 4 heteroatoms. The first-order chi connectivity index (χ1) is 6.42. The molecule has 0 atom stereocenters. The molecule has 0 aromatic carbocycles. The lowest BCUT2D eigenvalue weighted by Gasteiger charge is -2.31. The summed E-state index contributed by atoms with van der Waals surface area (Å²) in [5.41, 5.74) is -0.827. The maximum Gasteiger partial charge on any atom is 0.323 e. The average Bonchev–Trinajstić information content (AvgIpc) is 2.11. The summed E-state index contributed by atoms with van der Waals surface area (Å²) in [5, 5.41) is 17.2. The fraction of sp³-hybridized carbons (Fsp3) is 0.800. The van der Waals surface area contributed by atoms with Gasteiger partial charge in [-0.2, -0.15) is 5.26 Å². The maximum absolute atomic E-state index is 10.9. The average molecular weight is 198 g/mol. The number of aliphatic carboxylic acids is 1. The summed E-state index contributed by atoms with van der Waals surface area (Å²) in [6.07, 6.45) is 2.23. The van der Waals surface area contributed by atoms with Crippen molar-refractivity contribution in [3.05, 3.63) is 0 Å². The largest absolute Gasteiger partial charge is 0.480 e. The number of carboxylic acids is 1. The van der Waals surface area contributed by atoms with Gasteiger partial charge >= 0.3 is 5.97 Å². The summed E-state index contributed by atoms with van der Waals surface area (Å²) in [6, 6.07) is 2.07. The zero-order valence-corrected chi connectivity index (χ0v) is 9.08. The van der Waals surface area contributed by atoms with Gasteiger partial charge in [0.25, 0.3) is 0 Å². The lowest BCUT2D eigenvalue weighted by atomic mass is 10.0. The first-order valence-electron chi connectivity index (χ1n) is 4.74. The Morgan fingerprint density at radius 2 is 2.07 bits per heavy atom. The highest BCUT2D eigenvalue weighted by Crippen LogP contribution is 2.13. The van der Waals surface area contributed by atoms with E-state index in [0.717, 1.165) is 12.8 Å². The zero-order chi connectivity index (χ0) is 11.2. The van der Waals surface area contributed by atoms with E-state index in [9.17, 15) is 4.79 Å². The van der Waals surface area contributed by atoms with E-state index >= 15 is 0 Å². The highest BCUT2D eigenvalue weighted by atomic mass is 16.4. The minimum atomic E-state index is -0.827. The topological polar surface area (TPSA) is 64.3 Å². The van der Waals surface area contributed by atoms with Crippen LogP contribution in [0.25, 0.3) is 0 Å². The molecule has 0 rings (SSSR count). The number of nitrogens with zero attached hydrogens (tertiary/aromatic N) is 2. The van der Waals surface area contributed by atoms with E-state index < -0.39 is 11.5 Å². The number of carbonyl (C=O) groups is 1. The van der Waals surface area contributed by atoms with Gasteiger partial charge in [-0.15, -0.1) is 0 Å². The van der Waals surface area contributed by atoms with Crippen molar-refractivity contribution in [2.75, 3.05) is 13.6 Å². The Morgan fingerprint density at radius 3 is 2.50 bits per heavy atom. The molecule has 80 valence electrons. The molecule has 14 heavy (non-hydrogen) atoms. The van der Waals surface area contributed by atoms with Gasteiger partial charge in [0, 0.05) is 6.42 Å². The summed E-state index contributed by atoms with van der Waals surface area (Å²) in [5.74, 6) is -0.819. The Labute approximate surface area is 85.1 Å². The Kier molecular flexibility index (Phi) is 5.18. The van der Waals surface area contributed by atoms with Crippen molar-refractivity contribution in [2.24, 2.45) is 0 Å². The Morgan fingerprint density at radius 1 is 1.50 bits per heavy atom. The molecule has 0 aliphatic heterocycles. The molecule has 0 aliphatic rings. The number of hydrogen-bond acceptors (Lipinski definition) is 3. The van der Waals surface area contributed by atoms with Crippen LogP contribution in [-0.4, -0.2) is 35.1 Å². The molecule has 0 aromatic rings. The summed E-state index contributed by atoms with van der Waals surface area (Å²) >= 11 is 0. The van der Waals surface area contributed by atoms with Crippen LogP contribution in [0.4, 0.5) is 0 Å². The molecule has 0 spiro atoms. The summed E-state index contributed by atoms with van der Waals surface area (Å²) in [4.78, 5) is 12.7. The maximum atomic E-state index is 10.9. The molecule has 1 N–H and O–H groups in total. The van der Waals surface area contributed by atoms with Crippen LogP contribution in [0, 0.1) is 11.3 Å². The summed E-state index contributed by atoms with van der Waals surface area (Å²) in [7, 11) is 1.79. The van der Waals surface area contributed by atoms with Gasteiger partial charge in [-0.05, 0) is 40.3 Å². The first-order valence-corrected chi connectivity index (χ1v) is 4.74. The molecule has 0 fully saturated rings. The number of carboxylic acid groups (broad SMARTS) is 1. The monoisotopic (exact) mass is 198 g/mol. The molecular formula is C10H18N2O2. The van der Waals surface area contributed by atoms with Crippen molar-refractivity contribution in [1.29, 1.82) is 5.26 Å². The number of unbranched alkanes of at least 4 members (excludes halogenated alkanes) is 2. The second-order valence-electron chi connectivity index (χ2n) is 3.90. The quantitative estimate of drug-likeness (QED) is 0.656. The standard InChI is InChI=1S/C10H18N2O2/c1-10(2,9(13)14)12(3)8-6-4-5-7-11/h4-6,8H2,1-3H3,(H,13,14). The van der Waals surface area contributed by atoms with Gasteiger partial charge < -0.3 is 5.11 Å². The van der Waals surface area contributed by atoms with Gasteiger partial charge in [0.1, 0.15) is 5.54 Å². The predicted molar refractivity (Wildman–Crippen MR) is 53.8 cm³/mol. The molecule has 0 unspecified atom stereocenters. The van der Waals surface area contributed by atoms with Crippen LogP contribution >= 0.6 is 0 Å². The van der Waals surface area contributed by atoms with Crippen molar-refractivity contribution in [3.63, 3.8) is 0 Å². The fourth-order valence-electron chi connectivity index (χ4n) is 0.996. The molecule has 0 amide bonds. The van der Waals surface area contributed by atoms with Crippen LogP contribution in [0.5, 0.6) is 0 Å². The van der Waals surface area contributed by atoms with E-state index in [1.165, 1.54) is 0 Å². The first kappa shape index (κ1) is 12.9. The lowest BCUT2D eigenvalue weighted by molar-refractivity contribution is -0.148. The molecule has 0 aromatic heterocycles. The molecule has 0 saturated carbocycles. The molecule has 0 heterocycles. The number of rotatable bonds is 6. The second kappa shape index (κ2) is 5.61. The zero-order valence-electron chi connectivity index (χ0n) is 9.08. The molecular weight excluding hydrogens is 180 g/mol. The molecule has 0 radical (unpaired) electrons. The van der Waals surface area contributed by atoms with Crippen molar-refractivity contribution < 1.29 is 9.90 Å². The van der Waals surface area contributed by atoms with Crippen LogP contribution in [-0.2, 0) is 4.79 Å². The number of hydrogen-bond donors (Lipinski definition) is 1. The highest BCUT2D eigenvalue weighted by Gasteiger charge is 2.31. The van der Waals surface area contributed by atoms with Gasteiger partial charge in [-0.3, -0.25) is 9.69 Å². The van der Waals surface area contributed by atoms with E-state index in [-0.39, 0.29) is 0 Å². The summed E-state index contributed by atoms with van der Waals surface area (Å²) in [6.45, 7) is 4.07. The van der Waals surface area contributed by atoms with Crippen LogP contribution in [0.2, 0.25) is 0 Å². The fourth-order valence-corrected chi connectivity index (χ4v) is 0.996. The molecule has 0 bridgehead atoms. The van der Waals surface area contributed by atoms with Gasteiger partial charge in [-0.25, -0.2) is 0 Å². The Balaban J connectivity index is 3.90. The number of nitriles is 1. The predicted octanol–water partition coefficient (Wildman–Crippen LogP) is 1.48. The van der Waals surface area contributed by atoms with Crippen molar-refractivity contribution in [2.45, 2.75) is 38.6 Å². The van der Waals surface area contributed by atoms with E-state index in [4.69, 9.17) is 10.4 Å². The second-order valence-corrected chi connectivity index (χ2v) is 3.90. The highest BCUT2D eigenvalue weighted by molar-refractivity contribution is 5.77. The van der Waals surface area contributed by atoms with Crippen LogP contribution in [0.15, 0.2) is 0 Å². The minimum absolute atomic E-state index is 0.543. The SMILES string of the molecule is CN(CCCCC#N)C(C)(C)C(=O)O. The molecule has 0 saturated heterocycles. The Hall–Kier alpha value is -1.08. The minimum Gasteiger partial charge on any atom is -0.480 e. The van der Waals surface area contributed by atoms with Crippen molar-refractivity contribution in [3.8, 4) is 6.07 Å². The Bertz CT molecular complexity index is 231. The molecule has 4 nitrogen and oxygen atoms in total. The van der Waals surface area contributed by atoms with E-state index in [0.29, 0.717) is 13.0 Å². The van der Waals surface area contributed by atoms with Gasteiger partial charge in [0.05, 0.1) is 6.07 Å². The van der Waals surface area contributed by atoms with Crippen molar-refractivity contribution >= 4 is 5.97 Å². The third-order valence-electron chi connectivity index (χ3n) is 2.51. The van der Waals surface area contributed by atoms with Gasteiger partial charge in [0.15, 0.2) is 0 Å². The van der Waals surface area contributed by atoms with Crippen molar-refractivity contribution in [1.82, 2.24) is 4.90 Å². The molecule has 0 aliphatic carbocycles. The third kappa shape index (κ3) is 3.75. The normalized spacial score (nSPS) is 11.4. The smallest absolute Gasteiger partial charge is 0.323 e. The van der Waals surface area contributed by atoms with Gasteiger partial charge in [-0.1, -0.05) is 0 Å². The van der Waals surface area contributed by atoms with Crippen LogP contribution in [0.1, 0.15) is 33.1 Å². The van der Waals surface area contributed by atoms with Gasteiger partial charge in [0.2, 0.25) is 0 Å². The van der Waals surface area contributed by atoms with Crippen LogP contribution < -0.4 is 0 Å². The number of likely N-dealkylation sites (N-methyl/N-ethyl adjacent to an activating group) is 1.